The van der Waals surface area contributed by atoms with E-state index in [1.807, 2.05) is 42.8 Å². The fourth-order valence-corrected chi connectivity index (χ4v) is 3.91. The fourth-order valence-electron chi connectivity index (χ4n) is 3.91. The Morgan fingerprint density at radius 1 is 1.24 bits per heavy atom. The van der Waals surface area contributed by atoms with Gasteiger partial charge in [-0.1, -0.05) is 18.2 Å². The summed E-state index contributed by atoms with van der Waals surface area (Å²) < 4.78 is 12.5. The van der Waals surface area contributed by atoms with Crippen molar-refractivity contribution in [3.8, 4) is 0 Å². The monoisotopic (exact) mass is 460 g/mol. The summed E-state index contributed by atoms with van der Waals surface area (Å²) in [6.45, 7) is 9.10. The first-order valence-electron chi connectivity index (χ1n) is 11.0. The van der Waals surface area contributed by atoms with Gasteiger partial charge in [-0.05, 0) is 47.1 Å². The number of amides is 2. The van der Waals surface area contributed by atoms with E-state index >= 15 is 0 Å². The Morgan fingerprint density at radius 3 is 2.58 bits per heavy atom. The smallest absolute Gasteiger partial charge is 0.410 e. The average Bonchev–Trinajstić information content (AvgIpc) is 3.28. The molecule has 1 aromatic carbocycles. The van der Waals surface area contributed by atoms with Crippen LogP contribution in [0.4, 0.5) is 4.79 Å². The van der Waals surface area contributed by atoms with E-state index < -0.39 is 30.3 Å². The van der Waals surface area contributed by atoms with Crippen LogP contribution in [0.15, 0.2) is 24.3 Å². The number of hydrogen-bond acceptors (Lipinski definition) is 6. The molecular formula is C23H32N4O6. The number of carbonyl (C=O) groups is 3. The van der Waals surface area contributed by atoms with Gasteiger partial charge in [0.25, 0.3) is 5.91 Å². The molecule has 0 bridgehead atoms. The predicted molar refractivity (Wildman–Crippen MR) is 121 cm³/mol. The summed E-state index contributed by atoms with van der Waals surface area (Å²) >= 11 is 0. The Balaban J connectivity index is 1.76. The van der Waals surface area contributed by atoms with Gasteiger partial charge in [-0.25, -0.2) is 9.59 Å². The molecule has 2 N–H and O–H groups in total. The summed E-state index contributed by atoms with van der Waals surface area (Å²) in [7, 11) is 0. The highest BCUT2D eigenvalue weighted by molar-refractivity contribution is 6.05. The van der Waals surface area contributed by atoms with E-state index in [0.717, 1.165) is 10.9 Å². The van der Waals surface area contributed by atoms with Crippen molar-refractivity contribution in [2.45, 2.75) is 64.8 Å². The molecule has 1 aliphatic heterocycles. The quantitative estimate of drug-likeness (QED) is 0.651. The van der Waals surface area contributed by atoms with Crippen molar-refractivity contribution in [1.82, 2.24) is 20.0 Å². The number of nitrogens with zero attached hydrogens (tertiary/aromatic N) is 3. The maximum atomic E-state index is 13.1. The van der Waals surface area contributed by atoms with E-state index in [9.17, 15) is 14.4 Å². The highest BCUT2D eigenvalue weighted by Gasteiger charge is 2.39. The lowest BCUT2D eigenvalue weighted by molar-refractivity contribution is -0.142. The number of rotatable bonds is 7. The molecule has 10 heteroatoms. The zero-order chi connectivity index (χ0) is 24.3. The summed E-state index contributed by atoms with van der Waals surface area (Å²) in [6.07, 6.45) is -0.120. The molecule has 10 nitrogen and oxygen atoms in total. The molecule has 0 saturated carbocycles. The Hall–Kier alpha value is -3.14. The first-order valence-corrected chi connectivity index (χ1v) is 11.0. The van der Waals surface area contributed by atoms with Gasteiger partial charge in [-0.2, -0.15) is 5.10 Å². The lowest BCUT2D eigenvalue weighted by Crippen LogP contribution is -2.43. The molecule has 180 valence electrons. The van der Waals surface area contributed by atoms with Gasteiger partial charge in [0.05, 0.1) is 18.2 Å². The first kappa shape index (κ1) is 24.5. The Bertz CT molecular complexity index is 1030. The third-order valence-electron chi connectivity index (χ3n) is 5.23. The van der Waals surface area contributed by atoms with E-state index in [-0.39, 0.29) is 31.1 Å². The SMILES string of the molecule is CC(C)n1nc(C(=O)N[C@H]2C[C@@H](COCC(=O)O)N(C(=O)OC(C)(C)C)C2)c2ccccc21. The minimum Gasteiger partial charge on any atom is -0.480 e. The van der Waals surface area contributed by atoms with Crippen LogP contribution in [0, 0.1) is 0 Å². The number of para-hydroxylation sites is 1. The van der Waals surface area contributed by atoms with Crippen molar-refractivity contribution in [3.05, 3.63) is 30.0 Å². The van der Waals surface area contributed by atoms with E-state index in [2.05, 4.69) is 10.4 Å². The minimum absolute atomic E-state index is 0.0306. The number of ether oxygens (including phenoxy) is 2. The van der Waals surface area contributed by atoms with Gasteiger partial charge in [-0.15, -0.1) is 0 Å². The molecule has 0 unspecified atom stereocenters. The third-order valence-corrected chi connectivity index (χ3v) is 5.23. The molecule has 0 spiro atoms. The molecule has 2 atom stereocenters. The molecule has 0 radical (unpaired) electrons. The van der Waals surface area contributed by atoms with Crippen molar-refractivity contribution < 1.29 is 29.0 Å². The van der Waals surface area contributed by atoms with Crippen LogP contribution in [-0.4, -0.2) is 75.2 Å². The second kappa shape index (κ2) is 9.78. The van der Waals surface area contributed by atoms with E-state index in [0.29, 0.717) is 12.1 Å². The van der Waals surface area contributed by atoms with Gasteiger partial charge in [0.2, 0.25) is 0 Å². The number of likely N-dealkylation sites (tertiary alicyclic amines) is 1. The zero-order valence-corrected chi connectivity index (χ0v) is 19.7. The van der Waals surface area contributed by atoms with Crippen molar-refractivity contribution in [1.29, 1.82) is 0 Å². The van der Waals surface area contributed by atoms with Crippen molar-refractivity contribution in [3.63, 3.8) is 0 Å². The van der Waals surface area contributed by atoms with E-state index in [4.69, 9.17) is 14.6 Å². The normalized spacial score (nSPS) is 18.7. The van der Waals surface area contributed by atoms with Gasteiger partial charge >= 0.3 is 12.1 Å². The number of fused-ring (bicyclic) bond motifs is 1. The fraction of sp³-hybridized carbons (Fsp3) is 0.565. The molecule has 2 aromatic rings. The minimum atomic E-state index is -1.09. The van der Waals surface area contributed by atoms with Gasteiger partial charge < -0.3 is 24.8 Å². The highest BCUT2D eigenvalue weighted by atomic mass is 16.6. The van der Waals surface area contributed by atoms with E-state index in [1.54, 1.807) is 20.8 Å². The molecule has 0 aliphatic carbocycles. The van der Waals surface area contributed by atoms with E-state index in [1.165, 1.54) is 4.90 Å². The molecule has 2 heterocycles. The van der Waals surface area contributed by atoms with Gasteiger partial charge in [0.15, 0.2) is 5.69 Å². The zero-order valence-electron chi connectivity index (χ0n) is 19.7. The summed E-state index contributed by atoms with van der Waals surface area (Å²) in [4.78, 5) is 38.2. The number of benzene rings is 1. The topological polar surface area (TPSA) is 123 Å². The Morgan fingerprint density at radius 2 is 1.94 bits per heavy atom. The number of hydrogen-bond donors (Lipinski definition) is 2. The van der Waals surface area contributed by atoms with Crippen LogP contribution in [0.2, 0.25) is 0 Å². The Kier molecular flexibility index (Phi) is 7.26. The molecular weight excluding hydrogens is 428 g/mol. The van der Waals surface area contributed by atoms with Crippen LogP contribution >= 0.6 is 0 Å². The average molecular weight is 461 g/mol. The number of carbonyl (C=O) groups excluding carboxylic acids is 2. The van der Waals surface area contributed by atoms with Gasteiger partial charge in [-0.3, -0.25) is 9.48 Å². The lowest BCUT2D eigenvalue weighted by atomic mass is 10.1. The van der Waals surface area contributed by atoms with Crippen molar-refractivity contribution in [2.24, 2.45) is 0 Å². The van der Waals surface area contributed by atoms with Crippen LogP contribution in [0.5, 0.6) is 0 Å². The predicted octanol–water partition coefficient (Wildman–Crippen LogP) is 2.83. The second-order valence-electron chi connectivity index (χ2n) is 9.51. The summed E-state index contributed by atoms with van der Waals surface area (Å²) in [5, 5.41) is 17.1. The highest BCUT2D eigenvalue weighted by Crippen LogP contribution is 2.24. The number of nitrogens with one attached hydrogen (secondary N) is 1. The number of carboxylic acids is 1. The molecule has 33 heavy (non-hydrogen) atoms. The molecule has 1 aromatic heterocycles. The van der Waals surface area contributed by atoms with Crippen molar-refractivity contribution >= 4 is 28.9 Å². The molecule has 1 saturated heterocycles. The summed E-state index contributed by atoms with van der Waals surface area (Å²) in [5.74, 6) is -1.42. The molecule has 2 amide bonds. The van der Waals surface area contributed by atoms with Crippen LogP contribution in [0.3, 0.4) is 0 Å². The van der Waals surface area contributed by atoms with Crippen LogP contribution in [0.1, 0.15) is 57.6 Å². The maximum Gasteiger partial charge on any atom is 0.410 e. The molecule has 3 rings (SSSR count). The molecule has 1 fully saturated rings. The Labute approximate surface area is 192 Å². The second-order valence-corrected chi connectivity index (χ2v) is 9.51. The number of aliphatic carboxylic acids is 1. The van der Waals surface area contributed by atoms with Crippen LogP contribution in [0.25, 0.3) is 10.9 Å². The van der Waals surface area contributed by atoms with Crippen LogP contribution < -0.4 is 5.32 Å². The van der Waals surface area contributed by atoms with Gasteiger partial charge in [0.1, 0.15) is 12.2 Å². The van der Waals surface area contributed by atoms with Gasteiger partial charge in [0, 0.05) is 24.0 Å². The number of carboxylic acid groups (broad SMARTS) is 1. The van der Waals surface area contributed by atoms with Crippen LogP contribution in [-0.2, 0) is 14.3 Å². The third kappa shape index (κ3) is 6.01. The standard InChI is InChI=1S/C23H32N4O6/c1-14(2)27-18-9-7-6-8-17(18)20(25-27)21(30)24-15-10-16(12-32-13-19(28)29)26(11-15)22(31)33-23(3,4)5/h6-9,14-16H,10-13H2,1-5H3,(H,24,30)(H,28,29)/t15-,16-/m0/s1. The van der Waals surface area contributed by atoms with Crippen molar-refractivity contribution in [2.75, 3.05) is 19.8 Å². The summed E-state index contributed by atoms with van der Waals surface area (Å²) in [6, 6.07) is 6.86. The largest absolute Gasteiger partial charge is 0.480 e. The first-order chi connectivity index (χ1) is 15.5. The number of aromatic nitrogens is 2. The maximum absolute atomic E-state index is 13.1. The molecule has 1 aliphatic rings. The summed E-state index contributed by atoms with van der Waals surface area (Å²) in [5.41, 5.74) is 0.515. The lowest BCUT2D eigenvalue weighted by Gasteiger charge is -2.28.